The molecular formula is C10H10FN5O2. The fourth-order valence-electron chi connectivity index (χ4n) is 2.08. The van der Waals surface area contributed by atoms with Crippen molar-refractivity contribution in [2.75, 3.05) is 13.1 Å². The van der Waals surface area contributed by atoms with E-state index >= 15 is 0 Å². The van der Waals surface area contributed by atoms with Gasteiger partial charge in [-0.3, -0.25) is 9.78 Å². The summed E-state index contributed by atoms with van der Waals surface area (Å²) >= 11 is 0. The maximum absolute atomic E-state index is 13.1. The van der Waals surface area contributed by atoms with Crippen molar-refractivity contribution in [3.05, 3.63) is 28.6 Å². The fourth-order valence-corrected chi connectivity index (χ4v) is 2.08. The molecule has 0 bridgehead atoms. The number of amides is 1. The second-order valence-corrected chi connectivity index (χ2v) is 4.15. The van der Waals surface area contributed by atoms with Gasteiger partial charge in [0.2, 0.25) is 0 Å². The lowest BCUT2D eigenvalue weighted by molar-refractivity contribution is 0.0774. The Balaban J connectivity index is 2.06. The number of likely N-dealkylation sites (tertiary alicyclic amines) is 1. The van der Waals surface area contributed by atoms with E-state index in [1.165, 1.54) is 17.3 Å². The molecule has 1 saturated heterocycles. The normalized spacial score (nSPS) is 19.6. The Morgan fingerprint density at radius 1 is 1.50 bits per heavy atom. The molecule has 1 unspecified atom stereocenters. The highest BCUT2D eigenvalue weighted by Crippen LogP contribution is 2.15. The number of hydrogen-bond acceptors (Lipinski definition) is 4. The lowest BCUT2D eigenvalue weighted by Gasteiger charge is -2.15. The second-order valence-electron chi connectivity index (χ2n) is 4.15. The third-order valence-corrected chi connectivity index (χ3v) is 2.96. The number of nitrogens with one attached hydrogen (secondary N) is 1. The zero-order valence-electron chi connectivity index (χ0n) is 9.34. The average Bonchev–Trinajstić information content (AvgIpc) is 2.96. The highest BCUT2D eigenvalue weighted by molar-refractivity contribution is 5.93. The monoisotopic (exact) mass is 251 g/mol. The van der Waals surface area contributed by atoms with E-state index in [4.69, 9.17) is 0 Å². The van der Waals surface area contributed by atoms with Crippen molar-refractivity contribution in [1.82, 2.24) is 24.5 Å². The number of alkyl halides is 1. The quantitative estimate of drug-likeness (QED) is 0.747. The van der Waals surface area contributed by atoms with Gasteiger partial charge in [0.1, 0.15) is 11.9 Å². The van der Waals surface area contributed by atoms with Crippen molar-refractivity contribution in [1.29, 1.82) is 0 Å². The predicted octanol–water partition coefficient (Wildman–Crippen LogP) is -0.398. The van der Waals surface area contributed by atoms with Crippen LogP contribution in [-0.4, -0.2) is 49.7 Å². The van der Waals surface area contributed by atoms with E-state index in [0.29, 0.717) is 13.0 Å². The van der Waals surface area contributed by atoms with Crippen molar-refractivity contribution in [2.45, 2.75) is 12.6 Å². The number of hydrogen-bond donors (Lipinski definition) is 1. The van der Waals surface area contributed by atoms with E-state index in [2.05, 4.69) is 15.2 Å². The van der Waals surface area contributed by atoms with Crippen LogP contribution in [0.4, 0.5) is 4.39 Å². The third kappa shape index (κ3) is 1.57. The van der Waals surface area contributed by atoms with Gasteiger partial charge in [0.05, 0.1) is 18.9 Å². The van der Waals surface area contributed by atoms with Gasteiger partial charge in [0.15, 0.2) is 5.65 Å². The minimum absolute atomic E-state index is 0.0574. The van der Waals surface area contributed by atoms with E-state index < -0.39 is 17.8 Å². The fraction of sp³-hybridized carbons (Fsp3) is 0.400. The van der Waals surface area contributed by atoms with Crippen molar-refractivity contribution in [2.24, 2.45) is 0 Å². The van der Waals surface area contributed by atoms with Gasteiger partial charge in [-0.15, -0.1) is 0 Å². The lowest BCUT2D eigenvalue weighted by atomic mass is 10.3. The van der Waals surface area contributed by atoms with Gasteiger partial charge >= 0.3 is 5.69 Å². The molecule has 1 atom stereocenters. The van der Waals surface area contributed by atoms with Crippen LogP contribution in [0.25, 0.3) is 5.65 Å². The summed E-state index contributed by atoms with van der Waals surface area (Å²) in [7, 11) is 0. The Hall–Kier alpha value is -2.25. The molecule has 0 aromatic carbocycles. The summed E-state index contributed by atoms with van der Waals surface area (Å²) in [5, 5.41) is 5.96. The molecule has 1 aliphatic rings. The molecule has 2 aromatic heterocycles. The van der Waals surface area contributed by atoms with E-state index in [-0.39, 0.29) is 17.9 Å². The molecule has 8 heteroatoms. The topological polar surface area (TPSA) is 83.4 Å². The van der Waals surface area contributed by atoms with Gasteiger partial charge in [0.25, 0.3) is 5.91 Å². The number of halogens is 1. The highest BCUT2D eigenvalue weighted by atomic mass is 19.1. The first kappa shape index (κ1) is 10.9. The second kappa shape index (κ2) is 3.90. The molecule has 0 radical (unpaired) electrons. The van der Waals surface area contributed by atoms with E-state index in [9.17, 15) is 14.0 Å². The summed E-state index contributed by atoms with van der Waals surface area (Å²) in [4.78, 5) is 29.0. The summed E-state index contributed by atoms with van der Waals surface area (Å²) in [6.45, 7) is 0.408. The molecule has 94 valence electrons. The Kier molecular flexibility index (Phi) is 2.35. The molecule has 1 N–H and O–H groups in total. The Bertz CT molecular complexity index is 664. The summed E-state index contributed by atoms with van der Waals surface area (Å²) in [5.74, 6) is -0.406. The van der Waals surface area contributed by atoms with E-state index in [1.54, 1.807) is 0 Å². The van der Waals surface area contributed by atoms with Crippen LogP contribution in [-0.2, 0) is 0 Å². The van der Waals surface area contributed by atoms with Crippen LogP contribution in [0.2, 0.25) is 0 Å². The van der Waals surface area contributed by atoms with Crippen LogP contribution < -0.4 is 5.69 Å². The van der Waals surface area contributed by atoms with Gasteiger partial charge in [-0.1, -0.05) is 0 Å². The van der Waals surface area contributed by atoms with Crippen LogP contribution in [0.15, 0.2) is 17.2 Å². The molecule has 3 heterocycles. The maximum Gasteiger partial charge on any atom is 0.348 e. The minimum Gasteiger partial charge on any atom is -0.334 e. The molecule has 18 heavy (non-hydrogen) atoms. The van der Waals surface area contributed by atoms with Crippen LogP contribution >= 0.6 is 0 Å². The predicted molar refractivity (Wildman–Crippen MR) is 59.0 cm³/mol. The summed E-state index contributed by atoms with van der Waals surface area (Å²) < 4.78 is 14.2. The van der Waals surface area contributed by atoms with Gasteiger partial charge in [-0.2, -0.15) is 5.10 Å². The molecule has 0 saturated carbocycles. The van der Waals surface area contributed by atoms with Crippen LogP contribution in [0.1, 0.15) is 16.9 Å². The van der Waals surface area contributed by atoms with Gasteiger partial charge in [-0.25, -0.2) is 18.7 Å². The first-order chi connectivity index (χ1) is 8.66. The van der Waals surface area contributed by atoms with Crippen LogP contribution in [0.5, 0.6) is 0 Å². The molecule has 0 aliphatic carbocycles. The molecule has 2 aromatic rings. The lowest BCUT2D eigenvalue weighted by Crippen LogP contribution is -2.32. The summed E-state index contributed by atoms with van der Waals surface area (Å²) in [5.41, 5.74) is -0.144. The number of fused-ring (bicyclic) bond motifs is 1. The van der Waals surface area contributed by atoms with Crippen molar-refractivity contribution < 1.29 is 9.18 Å². The zero-order valence-corrected chi connectivity index (χ0v) is 9.34. The number of nitrogens with zero attached hydrogens (tertiary/aromatic N) is 4. The number of H-pyrrole nitrogens is 1. The first-order valence-electron chi connectivity index (χ1n) is 5.51. The molecule has 3 rings (SSSR count). The van der Waals surface area contributed by atoms with Crippen LogP contribution in [0, 0.1) is 0 Å². The summed E-state index contributed by atoms with van der Waals surface area (Å²) in [6.07, 6.45) is 1.99. The smallest absolute Gasteiger partial charge is 0.334 e. The number of aromatic amines is 1. The van der Waals surface area contributed by atoms with Crippen molar-refractivity contribution >= 4 is 11.6 Å². The Morgan fingerprint density at radius 3 is 3.06 bits per heavy atom. The standard InChI is InChI=1S/C10H10FN5O2/c11-6-1-2-15(5-6)9(17)7-3-12-4-8-13-14-10(18)16(7)8/h3-4,6H,1-2,5H2,(H,14,18). The molecule has 7 nitrogen and oxygen atoms in total. The molecule has 1 fully saturated rings. The number of carbonyl (C=O) groups is 1. The molecule has 1 aliphatic heterocycles. The SMILES string of the molecule is O=C(c1cncc2n[nH]c(=O)n12)N1CCC(F)C1. The molecular weight excluding hydrogens is 241 g/mol. The number of rotatable bonds is 1. The minimum atomic E-state index is -0.998. The highest BCUT2D eigenvalue weighted by Gasteiger charge is 2.28. The van der Waals surface area contributed by atoms with E-state index in [0.717, 1.165) is 4.40 Å². The zero-order chi connectivity index (χ0) is 12.7. The summed E-state index contributed by atoms with van der Waals surface area (Å²) in [6, 6.07) is 0. The van der Waals surface area contributed by atoms with Gasteiger partial charge < -0.3 is 4.90 Å². The largest absolute Gasteiger partial charge is 0.348 e. The third-order valence-electron chi connectivity index (χ3n) is 2.96. The number of aromatic nitrogens is 4. The first-order valence-corrected chi connectivity index (χ1v) is 5.51. The van der Waals surface area contributed by atoms with Crippen molar-refractivity contribution in [3.63, 3.8) is 0 Å². The number of carbonyl (C=O) groups excluding carboxylic acids is 1. The van der Waals surface area contributed by atoms with Crippen molar-refractivity contribution in [3.8, 4) is 0 Å². The average molecular weight is 251 g/mol. The molecule has 0 spiro atoms. The van der Waals surface area contributed by atoms with E-state index in [1.807, 2.05) is 0 Å². The molecule has 1 amide bonds. The van der Waals surface area contributed by atoms with Crippen LogP contribution in [0.3, 0.4) is 0 Å². The Morgan fingerprint density at radius 2 is 2.33 bits per heavy atom. The Labute approximate surface area is 100 Å². The van der Waals surface area contributed by atoms with Gasteiger partial charge in [0, 0.05) is 6.54 Å². The maximum atomic E-state index is 13.1. The van der Waals surface area contributed by atoms with Gasteiger partial charge in [-0.05, 0) is 6.42 Å².